The number of rotatable bonds is 4. The predicted octanol–water partition coefficient (Wildman–Crippen LogP) is 3.35. The minimum absolute atomic E-state index is 0.00945. The van der Waals surface area contributed by atoms with Crippen molar-refractivity contribution in [1.82, 2.24) is 10.3 Å². The van der Waals surface area contributed by atoms with Gasteiger partial charge < -0.3 is 19.8 Å². The van der Waals surface area contributed by atoms with Gasteiger partial charge in [0.15, 0.2) is 5.75 Å². The van der Waals surface area contributed by atoms with E-state index in [-0.39, 0.29) is 6.04 Å². The minimum Gasteiger partial charge on any atom is -0.495 e. The Morgan fingerprint density at radius 1 is 1.30 bits per heavy atom. The molecule has 1 aromatic carbocycles. The Morgan fingerprint density at radius 2 is 2.04 bits per heavy atom. The first-order chi connectivity index (χ1) is 11.1. The Bertz CT molecular complexity index is 636. The van der Waals surface area contributed by atoms with Gasteiger partial charge in [-0.15, -0.1) is 0 Å². The molecule has 2 aliphatic rings. The van der Waals surface area contributed by atoms with Crippen LogP contribution in [0.4, 0.5) is 0 Å². The molecular weight excluding hydrogens is 337 g/mol. The second-order valence-electron chi connectivity index (χ2n) is 5.79. The molecule has 3 rings (SSSR count). The maximum Gasteiger partial charge on any atom is 0.159 e. The third-order valence-corrected chi connectivity index (χ3v) is 5.29. The quantitative estimate of drug-likeness (QED) is 0.897. The molecule has 0 bridgehead atoms. The lowest BCUT2D eigenvalue weighted by Crippen LogP contribution is -2.41. The van der Waals surface area contributed by atoms with E-state index < -0.39 is 0 Å². The lowest BCUT2D eigenvalue weighted by molar-refractivity contribution is 0.237. The van der Waals surface area contributed by atoms with Gasteiger partial charge in [-0.2, -0.15) is 5.10 Å². The third kappa shape index (κ3) is 2.86. The van der Waals surface area contributed by atoms with Crippen molar-refractivity contribution in [3.63, 3.8) is 0 Å². The van der Waals surface area contributed by atoms with E-state index in [2.05, 4.69) is 22.4 Å². The number of halogens is 2. The molecule has 1 saturated heterocycles. The van der Waals surface area contributed by atoms with Crippen LogP contribution in [0.3, 0.4) is 0 Å². The summed E-state index contributed by atoms with van der Waals surface area (Å²) in [6.45, 7) is 5.25. The van der Waals surface area contributed by atoms with Crippen LogP contribution in [0.1, 0.15) is 24.9 Å². The maximum atomic E-state index is 6.42. The summed E-state index contributed by atoms with van der Waals surface area (Å²) in [6.07, 6.45) is 0.988. The van der Waals surface area contributed by atoms with E-state index in [0.717, 1.165) is 31.6 Å². The first-order valence-electron chi connectivity index (χ1n) is 7.74. The van der Waals surface area contributed by atoms with E-state index in [9.17, 15) is 0 Å². The average molecular weight is 358 g/mol. The van der Waals surface area contributed by atoms with E-state index in [1.807, 2.05) is 6.07 Å². The molecule has 0 spiro atoms. The van der Waals surface area contributed by atoms with Gasteiger partial charge >= 0.3 is 0 Å². The van der Waals surface area contributed by atoms with Crippen molar-refractivity contribution in [2.24, 2.45) is 11.0 Å². The molecular formula is C16H21Cl2N3O2. The van der Waals surface area contributed by atoms with E-state index >= 15 is 0 Å². The van der Waals surface area contributed by atoms with Crippen molar-refractivity contribution in [2.75, 3.05) is 33.9 Å². The zero-order valence-corrected chi connectivity index (χ0v) is 15.0. The van der Waals surface area contributed by atoms with Crippen molar-refractivity contribution in [3.8, 4) is 11.5 Å². The average Bonchev–Trinajstić information content (AvgIpc) is 2.97. The van der Waals surface area contributed by atoms with Crippen molar-refractivity contribution in [1.29, 1.82) is 0 Å². The molecule has 2 atom stereocenters. The van der Waals surface area contributed by atoms with Crippen molar-refractivity contribution >= 4 is 28.9 Å². The highest BCUT2D eigenvalue weighted by molar-refractivity contribution is 6.38. The molecule has 0 aromatic heterocycles. The second-order valence-corrected chi connectivity index (χ2v) is 6.57. The molecule has 0 aliphatic carbocycles. The third-order valence-electron chi connectivity index (χ3n) is 4.67. The molecule has 23 heavy (non-hydrogen) atoms. The number of hydrazone groups is 1. The number of piperidine rings is 1. The van der Waals surface area contributed by atoms with E-state index in [1.165, 1.54) is 5.71 Å². The smallest absolute Gasteiger partial charge is 0.159 e. The predicted molar refractivity (Wildman–Crippen MR) is 93.1 cm³/mol. The molecule has 1 fully saturated rings. The Kier molecular flexibility index (Phi) is 4.90. The van der Waals surface area contributed by atoms with Crippen LogP contribution in [-0.2, 0) is 0 Å². The zero-order valence-electron chi connectivity index (χ0n) is 13.5. The SMILES string of the molecule is CCN1CCC2=NNC(c3cc(Cl)c(OC)c(Cl)c3OC)C2C1. The normalized spacial score (nSPS) is 24.0. The summed E-state index contributed by atoms with van der Waals surface area (Å²) in [5.74, 6) is 1.33. The van der Waals surface area contributed by atoms with Gasteiger partial charge in [0.1, 0.15) is 10.8 Å². The fourth-order valence-corrected chi connectivity index (χ4v) is 4.12. The first kappa shape index (κ1) is 16.7. The number of nitrogens with one attached hydrogen (secondary N) is 1. The lowest BCUT2D eigenvalue weighted by Gasteiger charge is -2.33. The number of hydrogen-bond acceptors (Lipinski definition) is 5. The highest BCUT2D eigenvalue weighted by Gasteiger charge is 2.39. The van der Waals surface area contributed by atoms with E-state index in [1.54, 1.807) is 14.2 Å². The van der Waals surface area contributed by atoms with Crippen molar-refractivity contribution in [2.45, 2.75) is 19.4 Å². The summed E-state index contributed by atoms with van der Waals surface area (Å²) >= 11 is 12.8. The number of benzene rings is 1. The summed E-state index contributed by atoms with van der Waals surface area (Å²) in [7, 11) is 3.15. The van der Waals surface area contributed by atoms with Gasteiger partial charge in [0.2, 0.25) is 0 Å². The van der Waals surface area contributed by atoms with Gasteiger partial charge in [0.25, 0.3) is 0 Å². The van der Waals surface area contributed by atoms with Crippen LogP contribution in [0, 0.1) is 5.92 Å². The summed E-state index contributed by atoms with van der Waals surface area (Å²) in [4.78, 5) is 2.43. The molecule has 5 nitrogen and oxygen atoms in total. The Labute approximate surface area is 146 Å². The van der Waals surface area contributed by atoms with Gasteiger partial charge in [0, 0.05) is 36.7 Å². The van der Waals surface area contributed by atoms with Crippen molar-refractivity contribution < 1.29 is 9.47 Å². The fraction of sp³-hybridized carbons (Fsp3) is 0.562. The van der Waals surface area contributed by atoms with Crippen LogP contribution in [0.25, 0.3) is 0 Å². The summed E-state index contributed by atoms with van der Waals surface area (Å²) < 4.78 is 10.8. The van der Waals surface area contributed by atoms with Gasteiger partial charge in [-0.3, -0.25) is 0 Å². The highest BCUT2D eigenvalue weighted by atomic mass is 35.5. The van der Waals surface area contributed by atoms with Gasteiger partial charge in [-0.1, -0.05) is 30.1 Å². The number of nitrogens with zero attached hydrogens (tertiary/aromatic N) is 2. The monoisotopic (exact) mass is 357 g/mol. The summed E-state index contributed by atoms with van der Waals surface area (Å²) in [5.41, 5.74) is 5.38. The lowest BCUT2D eigenvalue weighted by atomic mass is 9.86. The van der Waals surface area contributed by atoms with Crippen LogP contribution >= 0.6 is 23.2 Å². The molecule has 2 heterocycles. The molecule has 126 valence electrons. The molecule has 0 amide bonds. The zero-order chi connectivity index (χ0) is 16.6. The molecule has 0 radical (unpaired) electrons. The van der Waals surface area contributed by atoms with E-state index in [4.69, 9.17) is 32.7 Å². The minimum atomic E-state index is 0.00945. The molecule has 7 heteroatoms. The Morgan fingerprint density at radius 3 is 2.70 bits per heavy atom. The first-order valence-corrected chi connectivity index (χ1v) is 8.50. The highest BCUT2D eigenvalue weighted by Crippen LogP contribution is 2.47. The van der Waals surface area contributed by atoms with E-state index in [0.29, 0.717) is 27.5 Å². The van der Waals surface area contributed by atoms with Crippen LogP contribution in [0.5, 0.6) is 11.5 Å². The number of likely N-dealkylation sites (tertiary alicyclic amines) is 1. The van der Waals surface area contributed by atoms with Crippen molar-refractivity contribution in [3.05, 3.63) is 21.7 Å². The Hall–Kier alpha value is -1.17. The standard InChI is InChI=1S/C16H21Cl2N3O2/c1-4-21-6-5-12-10(8-21)14(20-19-12)9-7-11(17)16(23-3)13(18)15(9)22-2/h7,10,14,20H,4-6,8H2,1-3H3. The fourth-order valence-electron chi connectivity index (χ4n) is 3.41. The molecule has 2 unspecified atom stereocenters. The largest absolute Gasteiger partial charge is 0.495 e. The number of ether oxygens (including phenoxy) is 2. The second kappa shape index (κ2) is 6.75. The summed E-state index contributed by atoms with van der Waals surface area (Å²) in [6, 6.07) is 1.88. The van der Waals surface area contributed by atoms with Crippen LogP contribution in [0.15, 0.2) is 11.2 Å². The number of fused-ring (bicyclic) bond motifs is 1. The molecule has 1 N–H and O–H groups in total. The molecule has 1 aromatic rings. The number of methoxy groups -OCH3 is 2. The number of hydrogen-bond donors (Lipinski definition) is 1. The van der Waals surface area contributed by atoms with Gasteiger partial charge in [-0.05, 0) is 12.6 Å². The Balaban J connectivity index is 1.99. The molecule has 2 aliphatic heterocycles. The van der Waals surface area contributed by atoms with Gasteiger partial charge in [-0.25, -0.2) is 0 Å². The summed E-state index contributed by atoms with van der Waals surface area (Å²) in [5, 5.41) is 5.41. The molecule has 0 saturated carbocycles. The topological polar surface area (TPSA) is 46.1 Å². The van der Waals surface area contributed by atoms with Crippen LogP contribution in [0.2, 0.25) is 10.0 Å². The van der Waals surface area contributed by atoms with Gasteiger partial charge in [0.05, 0.1) is 25.3 Å². The maximum absolute atomic E-state index is 6.42. The van der Waals surface area contributed by atoms with Crippen LogP contribution < -0.4 is 14.9 Å². The van der Waals surface area contributed by atoms with Crippen LogP contribution in [-0.4, -0.2) is 44.5 Å².